The largest absolute Gasteiger partial charge is 0.326 e. The third kappa shape index (κ3) is 6.13. The molecule has 2 N–H and O–H groups in total. The van der Waals surface area contributed by atoms with Crippen LogP contribution >= 0.6 is 23.1 Å². The van der Waals surface area contributed by atoms with Crippen molar-refractivity contribution in [2.24, 2.45) is 0 Å². The molecule has 0 radical (unpaired) electrons. The topological polar surface area (TPSA) is 84.0 Å². The number of hydrogen-bond acceptors (Lipinski definition) is 6. The molecule has 0 atom stereocenters. The highest BCUT2D eigenvalue weighted by atomic mass is 32.2. The zero-order valence-electron chi connectivity index (χ0n) is 16.4. The van der Waals surface area contributed by atoms with E-state index in [1.54, 1.807) is 0 Å². The van der Waals surface area contributed by atoms with Crippen LogP contribution in [0.1, 0.15) is 32.3 Å². The van der Waals surface area contributed by atoms with Crippen molar-refractivity contribution in [1.29, 1.82) is 0 Å². The highest BCUT2D eigenvalue weighted by Gasteiger charge is 2.11. The van der Waals surface area contributed by atoms with E-state index < -0.39 is 0 Å². The predicted molar refractivity (Wildman–Crippen MR) is 120 cm³/mol. The predicted octanol–water partition coefficient (Wildman–Crippen LogP) is 5.02. The van der Waals surface area contributed by atoms with Crippen molar-refractivity contribution >= 4 is 45.7 Å². The SMILES string of the molecule is CC(=O)Nc1ccc(SCC(=O)Nc2nnc(-c3ccc(C(C)C)cc3)s2)cc1. The maximum atomic E-state index is 12.2. The number of carbonyl (C=O) groups excluding carboxylic acids is 2. The Morgan fingerprint density at radius 3 is 2.31 bits per heavy atom. The number of aromatic nitrogens is 2. The van der Waals surface area contributed by atoms with E-state index in [0.29, 0.717) is 11.0 Å². The van der Waals surface area contributed by atoms with Crippen molar-refractivity contribution in [1.82, 2.24) is 10.2 Å². The number of carbonyl (C=O) groups is 2. The summed E-state index contributed by atoms with van der Waals surface area (Å²) in [6.45, 7) is 5.78. The van der Waals surface area contributed by atoms with Crippen molar-refractivity contribution in [3.63, 3.8) is 0 Å². The van der Waals surface area contributed by atoms with E-state index in [1.165, 1.54) is 35.6 Å². The van der Waals surface area contributed by atoms with Crippen LogP contribution in [0.3, 0.4) is 0 Å². The minimum absolute atomic E-state index is 0.114. The molecule has 0 fully saturated rings. The first-order chi connectivity index (χ1) is 13.9. The lowest BCUT2D eigenvalue weighted by Gasteiger charge is -2.05. The van der Waals surface area contributed by atoms with Gasteiger partial charge in [-0.25, -0.2) is 0 Å². The van der Waals surface area contributed by atoms with Crippen molar-refractivity contribution in [3.05, 3.63) is 54.1 Å². The summed E-state index contributed by atoms with van der Waals surface area (Å²) in [6, 6.07) is 15.6. The molecule has 0 saturated carbocycles. The second kappa shape index (κ2) is 9.67. The highest BCUT2D eigenvalue weighted by Crippen LogP contribution is 2.28. The number of amides is 2. The third-order valence-corrected chi connectivity index (χ3v) is 5.94. The Hall–Kier alpha value is -2.71. The van der Waals surface area contributed by atoms with Crippen molar-refractivity contribution in [2.45, 2.75) is 31.6 Å². The molecule has 0 saturated heterocycles. The summed E-state index contributed by atoms with van der Waals surface area (Å²) in [6.07, 6.45) is 0. The van der Waals surface area contributed by atoms with Gasteiger partial charge in [-0.3, -0.25) is 14.9 Å². The van der Waals surface area contributed by atoms with E-state index in [2.05, 4.69) is 46.8 Å². The number of nitrogens with zero attached hydrogens (tertiary/aromatic N) is 2. The van der Waals surface area contributed by atoms with Crippen LogP contribution < -0.4 is 10.6 Å². The van der Waals surface area contributed by atoms with Crippen LogP contribution in [0.4, 0.5) is 10.8 Å². The number of hydrogen-bond donors (Lipinski definition) is 2. The Kier molecular flexibility index (Phi) is 7.00. The van der Waals surface area contributed by atoms with Gasteiger partial charge in [0.2, 0.25) is 16.9 Å². The third-order valence-electron chi connectivity index (χ3n) is 4.04. The van der Waals surface area contributed by atoms with Gasteiger partial charge in [-0.2, -0.15) is 0 Å². The highest BCUT2D eigenvalue weighted by molar-refractivity contribution is 8.00. The number of benzene rings is 2. The van der Waals surface area contributed by atoms with Gasteiger partial charge in [-0.15, -0.1) is 22.0 Å². The maximum Gasteiger partial charge on any atom is 0.236 e. The van der Waals surface area contributed by atoms with Gasteiger partial charge < -0.3 is 5.32 Å². The lowest BCUT2D eigenvalue weighted by atomic mass is 10.0. The van der Waals surface area contributed by atoms with E-state index in [9.17, 15) is 9.59 Å². The van der Waals surface area contributed by atoms with Crippen LogP contribution in [0.5, 0.6) is 0 Å². The lowest BCUT2D eigenvalue weighted by Crippen LogP contribution is -2.13. The van der Waals surface area contributed by atoms with Gasteiger partial charge in [0.1, 0.15) is 5.01 Å². The number of nitrogens with one attached hydrogen (secondary N) is 2. The van der Waals surface area contributed by atoms with Gasteiger partial charge in [-0.1, -0.05) is 49.4 Å². The summed E-state index contributed by atoms with van der Waals surface area (Å²) in [5.41, 5.74) is 2.99. The van der Waals surface area contributed by atoms with Crippen molar-refractivity contribution in [3.8, 4) is 10.6 Å². The molecule has 1 aromatic heterocycles. The average molecular weight is 427 g/mol. The summed E-state index contributed by atoms with van der Waals surface area (Å²) in [5, 5.41) is 15.0. The van der Waals surface area contributed by atoms with Crippen LogP contribution in [-0.2, 0) is 9.59 Å². The molecule has 1 heterocycles. The molecule has 0 unspecified atom stereocenters. The molecule has 3 rings (SSSR count). The van der Waals surface area contributed by atoms with Gasteiger partial charge in [0.15, 0.2) is 0 Å². The molecule has 0 aliphatic carbocycles. The van der Waals surface area contributed by atoms with Gasteiger partial charge in [0, 0.05) is 23.1 Å². The fourth-order valence-corrected chi connectivity index (χ4v) is 4.01. The summed E-state index contributed by atoms with van der Waals surface area (Å²) < 4.78 is 0. The zero-order valence-corrected chi connectivity index (χ0v) is 18.1. The summed E-state index contributed by atoms with van der Waals surface area (Å²) in [5.74, 6) is 0.487. The first-order valence-electron chi connectivity index (χ1n) is 9.15. The molecule has 2 amide bonds. The number of anilines is 2. The van der Waals surface area contributed by atoms with E-state index in [4.69, 9.17) is 0 Å². The summed E-state index contributed by atoms with van der Waals surface area (Å²) in [7, 11) is 0. The molecular formula is C21H22N4O2S2. The van der Waals surface area contributed by atoms with Gasteiger partial charge in [-0.05, 0) is 35.7 Å². The molecule has 6 nitrogen and oxygen atoms in total. The van der Waals surface area contributed by atoms with Crippen LogP contribution in [0.25, 0.3) is 10.6 Å². The molecule has 2 aromatic carbocycles. The molecule has 150 valence electrons. The fourth-order valence-electron chi connectivity index (χ4n) is 2.54. The minimum atomic E-state index is -0.140. The van der Waals surface area contributed by atoms with Crippen LogP contribution in [0, 0.1) is 0 Å². The Bertz CT molecular complexity index is 983. The lowest BCUT2D eigenvalue weighted by molar-refractivity contribution is -0.114. The fraction of sp³-hybridized carbons (Fsp3) is 0.238. The molecule has 8 heteroatoms. The van der Waals surface area contributed by atoms with E-state index in [1.807, 2.05) is 36.4 Å². The van der Waals surface area contributed by atoms with Crippen LogP contribution in [-0.4, -0.2) is 27.8 Å². The van der Waals surface area contributed by atoms with Crippen molar-refractivity contribution < 1.29 is 9.59 Å². The normalized spacial score (nSPS) is 10.8. The van der Waals surface area contributed by atoms with E-state index >= 15 is 0 Å². The Morgan fingerprint density at radius 2 is 1.69 bits per heavy atom. The monoisotopic (exact) mass is 426 g/mol. The molecule has 29 heavy (non-hydrogen) atoms. The Balaban J connectivity index is 1.53. The first kappa shape index (κ1) is 21.0. The first-order valence-corrected chi connectivity index (χ1v) is 10.9. The van der Waals surface area contributed by atoms with Gasteiger partial charge in [0.05, 0.1) is 5.75 Å². The quantitative estimate of drug-likeness (QED) is 0.518. The summed E-state index contributed by atoms with van der Waals surface area (Å²) >= 11 is 2.77. The minimum Gasteiger partial charge on any atom is -0.326 e. The van der Waals surface area contributed by atoms with Crippen LogP contribution in [0.15, 0.2) is 53.4 Å². The standard InChI is InChI=1S/C21H22N4O2S2/c1-13(2)15-4-6-16(7-5-15)20-24-25-21(29-20)23-19(27)12-28-18-10-8-17(9-11-18)22-14(3)26/h4-11,13H,12H2,1-3H3,(H,22,26)(H,23,25,27). The van der Waals surface area contributed by atoms with Gasteiger partial charge >= 0.3 is 0 Å². The molecule has 3 aromatic rings. The molecule has 0 aliphatic heterocycles. The summed E-state index contributed by atoms with van der Waals surface area (Å²) in [4.78, 5) is 24.2. The maximum absolute atomic E-state index is 12.2. The molecule has 0 aliphatic rings. The smallest absolute Gasteiger partial charge is 0.236 e. The molecular weight excluding hydrogens is 404 g/mol. The van der Waals surface area contributed by atoms with Gasteiger partial charge in [0.25, 0.3) is 0 Å². The number of rotatable bonds is 7. The molecule has 0 bridgehead atoms. The second-order valence-corrected chi connectivity index (χ2v) is 8.76. The Labute approximate surface area is 178 Å². The average Bonchev–Trinajstić information content (AvgIpc) is 3.15. The zero-order chi connectivity index (χ0) is 20.8. The Morgan fingerprint density at radius 1 is 1.00 bits per heavy atom. The molecule has 0 spiro atoms. The second-order valence-electron chi connectivity index (χ2n) is 6.73. The number of thioether (sulfide) groups is 1. The van der Waals surface area contributed by atoms with E-state index in [-0.39, 0.29) is 17.6 Å². The van der Waals surface area contributed by atoms with Crippen LogP contribution in [0.2, 0.25) is 0 Å². The van der Waals surface area contributed by atoms with Crippen molar-refractivity contribution in [2.75, 3.05) is 16.4 Å². The van der Waals surface area contributed by atoms with E-state index in [0.717, 1.165) is 21.2 Å².